The molecule has 8 heteroatoms. The number of aromatic nitrogens is 1. The van der Waals surface area contributed by atoms with Crippen molar-refractivity contribution in [2.24, 2.45) is 0 Å². The number of thioether (sulfide) groups is 1. The van der Waals surface area contributed by atoms with E-state index >= 15 is 0 Å². The number of carbonyl (C=O) groups excluding carboxylic acids is 1. The first-order chi connectivity index (χ1) is 15.4. The van der Waals surface area contributed by atoms with E-state index in [0.29, 0.717) is 37.7 Å². The zero-order chi connectivity index (χ0) is 22.4. The number of nitrogens with zero attached hydrogens (tertiary/aromatic N) is 2. The minimum atomic E-state index is -0.214. The van der Waals surface area contributed by atoms with E-state index in [1.165, 1.54) is 10.4 Å². The van der Waals surface area contributed by atoms with Gasteiger partial charge in [-0.25, -0.2) is 0 Å². The number of benzene rings is 1. The Hall–Kier alpha value is -2.06. The second kappa shape index (κ2) is 8.71. The van der Waals surface area contributed by atoms with Gasteiger partial charge in [0, 0.05) is 57.0 Å². The molecular formula is C24H23ClN2O3S2. The molecule has 0 bridgehead atoms. The summed E-state index contributed by atoms with van der Waals surface area (Å²) < 4.78 is 7.49. The molecule has 4 heterocycles. The normalized spacial score (nSPS) is 18.1. The van der Waals surface area contributed by atoms with E-state index in [0.717, 1.165) is 22.0 Å². The van der Waals surface area contributed by atoms with Gasteiger partial charge in [-0.15, -0.1) is 23.1 Å². The molecule has 1 saturated heterocycles. The molecule has 1 unspecified atom stereocenters. The van der Waals surface area contributed by atoms with Crippen molar-refractivity contribution in [2.45, 2.75) is 30.4 Å². The van der Waals surface area contributed by atoms with Crippen LogP contribution in [0.4, 0.5) is 0 Å². The lowest BCUT2D eigenvalue weighted by atomic mass is 10.0. The Morgan fingerprint density at radius 1 is 1.16 bits per heavy atom. The fourth-order valence-corrected chi connectivity index (χ4v) is 7.24. The molecule has 1 amide bonds. The van der Waals surface area contributed by atoms with E-state index in [4.69, 9.17) is 16.3 Å². The highest BCUT2D eigenvalue weighted by atomic mass is 35.5. The number of carbonyl (C=O) groups is 1. The third kappa shape index (κ3) is 3.81. The number of thiophene rings is 1. The molecule has 166 valence electrons. The lowest BCUT2D eigenvalue weighted by molar-refractivity contribution is 0.0300. The van der Waals surface area contributed by atoms with Crippen molar-refractivity contribution < 1.29 is 9.53 Å². The average Bonchev–Trinajstić information content (AvgIpc) is 3.12. The van der Waals surface area contributed by atoms with E-state index < -0.39 is 0 Å². The van der Waals surface area contributed by atoms with Crippen molar-refractivity contribution in [1.82, 2.24) is 9.47 Å². The number of halogens is 1. The topological polar surface area (TPSA) is 51.5 Å². The van der Waals surface area contributed by atoms with E-state index in [2.05, 4.69) is 22.9 Å². The van der Waals surface area contributed by atoms with Crippen LogP contribution in [0.2, 0.25) is 5.02 Å². The highest BCUT2D eigenvalue weighted by molar-refractivity contribution is 7.99. The fraction of sp³-hybridized carbons (Fsp3) is 0.333. The van der Waals surface area contributed by atoms with Crippen molar-refractivity contribution >= 4 is 40.6 Å². The van der Waals surface area contributed by atoms with Crippen LogP contribution in [0.1, 0.15) is 37.4 Å². The van der Waals surface area contributed by atoms with Crippen LogP contribution in [-0.4, -0.2) is 41.7 Å². The summed E-state index contributed by atoms with van der Waals surface area (Å²) in [5.41, 5.74) is 3.84. The zero-order valence-electron chi connectivity index (χ0n) is 17.9. The summed E-state index contributed by atoms with van der Waals surface area (Å²) in [5.74, 6) is -0.203. The molecule has 5 rings (SSSR count). The Morgan fingerprint density at radius 2 is 1.94 bits per heavy atom. The van der Waals surface area contributed by atoms with Crippen LogP contribution in [-0.2, 0) is 11.2 Å². The zero-order valence-corrected chi connectivity index (χ0v) is 20.3. The highest BCUT2D eigenvalue weighted by Crippen LogP contribution is 2.47. The van der Waals surface area contributed by atoms with Crippen LogP contribution in [0.5, 0.6) is 0 Å². The molecule has 0 spiro atoms. The fourth-order valence-electron chi connectivity index (χ4n) is 4.47. The number of morpholine rings is 1. The molecular weight excluding hydrogens is 464 g/mol. The number of hydrogen-bond donors (Lipinski definition) is 0. The Labute approximate surface area is 200 Å². The van der Waals surface area contributed by atoms with Crippen LogP contribution < -0.4 is 5.43 Å². The third-order valence-corrected chi connectivity index (χ3v) is 8.80. The molecule has 0 aliphatic carbocycles. The lowest BCUT2D eigenvalue weighted by Crippen LogP contribution is -2.43. The summed E-state index contributed by atoms with van der Waals surface area (Å²) in [7, 11) is 0. The molecule has 0 N–H and O–H groups in total. The van der Waals surface area contributed by atoms with Crippen LogP contribution in [0.3, 0.4) is 0 Å². The van der Waals surface area contributed by atoms with Crippen molar-refractivity contribution in [1.29, 1.82) is 0 Å². The predicted octanol–water partition coefficient (Wildman–Crippen LogP) is 5.03. The summed E-state index contributed by atoms with van der Waals surface area (Å²) in [5, 5.41) is 2.85. The molecule has 2 aliphatic rings. The molecule has 1 fully saturated rings. The third-order valence-electron chi connectivity index (χ3n) is 6.01. The predicted molar refractivity (Wildman–Crippen MR) is 130 cm³/mol. The second-order valence-electron chi connectivity index (χ2n) is 8.10. The van der Waals surface area contributed by atoms with E-state index in [1.54, 1.807) is 34.1 Å². The van der Waals surface area contributed by atoms with Crippen molar-refractivity contribution in [3.63, 3.8) is 0 Å². The second-order valence-corrected chi connectivity index (χ2v) is 10.7. The summed E-state index contributed by atoms with van der Waals surface area (Å²) >= 11 is 9.83. The van der Waals surface area contributed by atoms with E-state index in [9.17, 15) is 9.59 Å². The largest absolute Gasteiger partial charge is 0.378 e. The van der Waals surface area contributed by atoms with Crippen molar-refractivity contribution in [3.05, 3.63) is 78.3 Å². The van der Waals surface area contributed by atoms with Gasteiger partial charge in [-0.3, -0.25) is 9.59 Å². The van der Waals surface area contributed by atoms with Crippen LogP contribution in [0.25, 0.3) is 5.69 Å². The number of fused-ring (bicyclic) bond motifs is 3. The van der Waals surface area contributed by atoms with Gasteiger partial charge in [-0.1, -0.05) is 11.6 Å². The van der Waals surface area contributed by atoms with Gasteiger partial charge in [0.1, 0.15) is 5.56 Å². The Morgan fingerprint density at radius 3 is 2.66 bits per heavy atom. The van der Waals surface area contributed by atoms with Crippen molar-refractivity contribution in [3.8, 4) is 5.69 Å². The lowest BCUT2D eigenvalue weighted by Gasteiger charge is -2.28. The van der Waals surface area contributed by atoms with E-state index in [1.807, 2.05) is 25.1 Å². The minimum absolute atomic E-state index is 0.0819. The van der Waals surface area contributed by atoms with E-state index in [-0.39, 0.29) is 22.1 Å². The molecule has 1 aromatic carbocycles. The molecule has 32 heavy (non-hydrogen) atoms. The number of hydrogen-bond acceptors (Lipinski definition) is 5. The Balaban J connectivity index is 1.75. The summed E-state index contributed by atoms with van der Waals surface area (Å²) in [6.07, 6.45) is 0.584. The molecule has 3 aromatic rings. The number of rotatable bonds is 2. The Bertz CT molecular complexity index is 1260. The maximum absolute atomic E-state index is 13.6. The number of ether oxygens (including phenoxy) is 1. The summed E-state index contributed by atoms with van der Waals surface area (Å²) in [6.45, 7) is 6.03. The van der Waals surface area contributed by atoms with Crippen LogP contribution in [0, 0.1) is 13.8 Å². The number of aryl methyl sites for hydroxylation is 2. The molecule has 1 atom stereocenters. The van der Waals surface area contributed by atoms with Gasteiger partial charge < -0.3 is 14.2 Å². The number of pyridine rings is 1. The van der Waals surface area contributed by atoms with Crippen LogP contribution >= 0.6 is 34.7 Å². The Kier molecular flexibility index (Phi) is 5.92. The first-order valence-corrected chi connectivity index (χ1v) is 12.7. The minimum Gasteiger partial charge on any atom is -0.378 e. The maximum atomic E-state index is 13.6. The van der Waals surface area contributed by atoms with Gasteiger partial charge in [-0.2, -0.15) is 0 Å². The van der Waals surface area contributed by atoms with Crippen LogP contribution in [0.15, 0.2) is 45.4 Å². The summed E-state index contributed by atoms with van der Waals surface area (Å²) in [4.78, 5) is 30.8. The molecule has 0 saturated carbocycles. The maximum Gasteiger partial charge on any atom is 0.259 e. The first-order valence-electron chi connectivity index (χ1n) is 10.6. The molecule has 0 radical (unpaired) electrons. The van der Waals surface area contributed by atoms with Gasteiger partial charge in [0.2, 0.25) is 0 Å². The molecule has 2 aliphatic heterocycles. The molecule has 2 aromatic heterocycles. The monoisotopic (exact) mass is 486 g/mol. The summed E-state index contributed by atoms with van der Waals surface area (Å²) in [6, 6.07) is 9.53. The van der Waals surface area contributed by atoms with Gasteiger partial charge in [-0.05, 0) is 49.1 Å². The number of amides is 1. The SMILES string of the molecule is Cc1ccsc1C1Cc2c(C(=O)N3CCOCC3)c(=O)cc(C)n2-c2ccc(Cl)cc2S1. The molecule has 5 nitrogen and oxygen atoms in total. The van der Waals surface area contributed by atoms with Gasteiger partial charge in [0.05, 0.1) is 18.9 Å². The highest BCUT2D eigenvalue weighted by Gasteiger charge is 2.32. The quantitative estimate of drug-likeness (QED) is 0.509. The standard InChI is InChI=1S/C24H23ClN2O3S2/c1-14-5-10-31-23(14)21-13-18-22(24(29)26-6-8-30-9-7-26)19(28)11-15(2)27(18)17-4-3-16(25)12-20(17)32-21/h3-5,10-12,21H,6-9,13H2,1-2H3. The first kappa shape index (κ1) is 21.8. The van der Waals surface area contributed by atoms with Gasteiger partial charge in [0.25, 0.3) is 5.91 Å². The van der Waals surface area contributed by atoms with Gasteiger partial charge in [0.15, 0.2) is 5.43 Å². The smallest absolute Gasteiger partial charge is 0.259 e. The average molecular weight is 487 g/mol. The van der Waals surface area contributed by atoms with Gasteiger partial charge >= 0.3 is 0 Å². The van der Waals surface area contributed by atoms with Crippen molar-refractivity contribution in [2.75, 3.05) is 26.3 Å².